The van der Waals surface area contributed by atoms with Gasteiger partial charge in [0.25, 0.3) is 0 Å². The molecule has 0 aliphatic carbocycles. The summed E-state index contributed by atoms with van der Waals surface area (Å²) in [6, 6.07) is 14.0. The Bertz CT molecular complexity index is 765. The molecule has 0 bridgehead atoms. The van der Waals surface area contributed by atoms with Gasteiger partial charge in [-0.25, -0.2) is 4.39 Å². The zero-order chi connectivity index (χ0) is 14.8. The largest absolute Gasteiger partial charge is 0.386 e. The zero-order valence-corrected chi connectivity index (χ0v) is 11.9. The molecule has 1 atom stereocenters. The summed E-state index contributed by atoms with van der Waals surface area (Å²) in [6.45, 7) is 0. The molecule has 1 unspecified atom stereocenters. The van der Waals surface area contributed by atoms with Gasteiger partial charge in [-0.05, 0) is 23.6 Å². The molecule has 2 nitrogen and oxygen atoms in total. The maximum absolute atomic E-state index is 13.8. The second-order valence-corrected chi connectivity index (χ2v) is 5.24. The number of aliphatic hydroxyl groups is 1. The lowest BCUT2D eigenvalue weighted by atomic mass is 10.0. The van der Waals surface area contributed by atoms with Gasteiger partial charge >= 0.3 is 0 Å². The lowest BCUT2D eigenvalue weighted by Gasteiger charge is -2.14. The van der Waals surface area contributed by atoms with Gasteiger partial charge in [-0.15, -0.1) is 0 Å². The summed E-state index contributed by atoms with van der Waals surface area (Å²) in [4.78, 5) is 4.25. The van der Waals surface area contributed by atoms with Crippen LogP contribution in [0.3, 0.4) is 0 Å². The fourth-order valence-electron chi connectivity index (χ4n) is 2.43. The third-order valence-corrected chi connectivity index (χ3v) is 3.83. The highest BCUT2D eigenvalue weighted by Crippen LogP contribution is 2.28. The molecule has 0 amide bonds. The third-order valence-electron chi connectivity index (χ3n) is 3.48. The van der Waals surface area contributed by atoms with Crippen molar-refractivity contribution in [2.24, 2.45) is 0 Å². The summed E-state index contributed by atoms with van der Waals surface area (Å²) in [7, 11) is 0. The van der Waals surface area contributed by atoms with Crippen LogP contribution in [0, 0.1) is 5.82 Å². The van der Waals surface area contributed by atoms with Crippen LogP contribution in [-0.4, -0.2) is 10.1 Å². The minimum atomic E-state index is -0.912. The van der Waals surface area contributed by atoms with Crippen LogP contribution < -0.4 is 0 Å². The molecule has 0 saturated carbocycles. The molecule has 1 heterocycles. The molecule has 2 aromatic carbocycles. The van der Waals surface area contributed by atoms with E-state index in [-0.39, 0.29) is 6.42 Å². The molecule has 0 spiro atoms. The highest BCUT2D eigenvalue weighted by Gasteiger charge is 2.17. The van der Waals surface area contributed by atoms with Gasteiger partial charge in [0.15, 0.2) is 0 Å². The van der Waals surface area contributed by atoms with E-state index in [1.54, 1.807) is 18.3 Å². The monoisotopic (exact) mass is 301 g/mol. The van der Waals surface area contributed by atoms with Crippen LogP contribution in [-0.2, 0) is 6.42 Å². The van der Waals surface area contributed by atoms with Gasteiger partial charge < -0.3 is 5.11 Å². The van der Waals surface area contributed by atoms with Crippen LogP contribution in [0.15, 0.2) is 54.7 Å². The van der Waals surface area contributed by atoms with E-state index in [9.17, 15) is 9.50 Å². The fraction of sp³-hybridized carbons (Fsp3) is 0.118. The maximum Gasteiger partial charge on any atom is 0.127 e. The van der Waals surface area contributed by atoms with Crippen LogP contribution in [0.2, 0.25) is 5.02 Å². The van der Waals surface area contributed by atoms with E-state index in [0.29, 0.717) is 16.3 Å². The van der Waals surface area contributed by atoms with Crippen LogP contribution in [0.1, 0.15) is 17.4 Å². The summed E-state index contributed by atoms with van der Waals surface area (Å²) < 4.78 is 13.8. The summed E-state index contributed by atoms with van der Waals surface area (Å²) in [5.74, 6) is -0.415. The van der Waals surface area contributed by atoms with Gasteiger partial charge in [0, 0.05) is 28.6 Å². The van der Waals surface area contributed by atoms with Crippen molar-refractivity contribution in [3.63, 3.8) is 0 Å². The number of aromatic nitrogens is 1. The number of rotatable bonds is 3. The third kappa shape index (κ3) is 2.75. The minimum absolute atomic E-state index is 0.0898. The number of benzene rings is 2. The molecule has 3 aromatic rings. The molecule has 21 heavy (non-hydrogen) atoms. The minimum Gasteiger partial charge on any atom is -0.386 e. The zero-order valence-electron chi connectivity index (χ0n) is 11.1. The van der Waals surface area contributed by atoms with Gasteiger partial charge in [0.1, 0.15) is 11.9 Å². The second kappa shape index (κ2) is 5.80. The Hall–Kier alpha value is -1.97. The van der Waals surface area contributed by atoms with Crippen molar-refractivity contribution in [3.8, 4) is 0 Å². The number of hydrogen-bond acceptors (Lipinski definition) is 2. The predicted molar refractivity (Wildman–Crippen MR) is 81.8 cm³/mol. The smallest absolute Gasteiger partial charge is 0.127 e. The average molecular weight is 302 g/mol. The Labute approximate surface area is 126 Å². The van der Waals surface area contributed by atoms with Gasteiger partial charge in [-0.3, -0.25) is 4.98 Å². The van der Waals surface area contributed by atoms with Crippen molar-refractivity contribution in [1.82, 2.24) is 4.98 Å². The molecule has 0 fully saturated rings. The van der Waals surface area contributed by atoms with Crippen LogP contribution in [0.5, 0.6) is 0 Å². The second-order valence-electron chi connectivity index (χ2n) is 4.84. The predicted octanol–water partition coefficient (Wildman–Crippen LogP) is 4.30. The Morgan fingerprint density at radius 1 is 1.10 bits per heavy atom. The molecular weight excluding hydrogens is 289 g/mol. The molecular formula is C17H13ClFNO. The van der Waals surface area contributed by atoms with Crippen LogP contribution in [0.25, 0.3) is 10.8 Å². The van der Waals surface area contributed by atoms with Gasteiger partial charge in [0.2, 0.25) is 0 Å². The molecule has 0 aliphatic rings. The van der Waals surface area contributed by atoms with E-state index in [1.807, 2.05) is 30.3 Å². The number of hydrogen-bond donors (Lipinski definition) is 1. The van der Waals surface area contributed by atoms with Crippen molar-refractivity contribution < 1.29 is 9.50 Å². The fourth-order valence-corrected chi connectivity index (χ4v) is 2.67. The topological polar surface area (TPSA) is 33.1 Å². The summed E-state index contributed by atoms with van der Waals surface area (Å²) in [5, 5.41) is 12.6. The summed E-state index contributed by atoms with van der Waals surface area (Å²) in [5.41, 5.74) is 0.842. The number of nitrogens with zero attached hydrogens (tertiary/aromatic N) is 1. The van der Waals surface area contributed by atoms with Crippen molar-refractivity contribution >= 4 is 22.4 Å². The van der Waals surface area contributed by atoms with Crippen LogP contribution >= 0.6 is 11.6 Å². The highest BCUT2D eigenvalue weighted by atomic mass is 35.5. The quantitative estimate of drug-likeness (QED) is 0.782. The first-order valence-electron chi connectivity index (χ1n) is 6.61. The molecule has 0 saturated heterocycles. The highest BCUT2D eigenvalue weighted by molar-refractivity contribution is 6.31. The van der Waals surface area contributed by atoms with E-state index in [0.717, 1.165) is 10.8 Å². The molecule has 3 rings (SSSR count). The van der Waals surface area contributed by atoms with E-state index in [4.69, 9.17) is 11.6 Å². The molecule has 106 valence electrons. The van der Waals surface area contributed by atoms with Crippen molar-refractivity contribution in [2.45, 2.75) is 12.5 Å². The molecule has 4 heteroatoms. The lowest BCUT2D eigenvalue weighted by Crippen LogP contribution is -2.07. The average Bonchev–Trinajstić information content (AvgIpc) is 2.50. The molecule has 1 aromatic heterocycles. The molecule has 1 N–H and O–H groups in total. The lowest BCUT2D eigenvalue weighted by molar-refractivity contribution is 0.174. The van der Waals surface area contributed by atoms with E-state index < -0.39 is 11.9 Å². The first-order valence-corrected chi connectivity index (χ1v) is 6.99. The van der Waals surface area contributed by atoms with Gasteiger partial charge in [0.05, 0.1) is 5.69 Å². The number of halogens is 2. The van der Waals surface area contributed by atoms with Gasteiger partial charge in [-0.2, -0.15) is 0 Å². The van der Waals surface area contributed by atoms with E-state index >= 15 is 0 Å². The number of aliphatic hydroxyl groups excluding tert-OH is 1. The Morgan fingerprint density at radius 2 is 1.90 bits per heavy atom. The van der Waals surface area contributed by atoms with Crippen molar-refractivity contribution in [3.05, 3.63) is 76.8 Å². The first-order chi connectivity index (χ1) is 10.2. The number of fused-ring (bicyclic) bond motifs is 1. The van der Waals surface area contributed by atoms with E-state index in [2.05, 4.69) is 4.98 Å². The normalized spacial score (nSPS) is 12.5. The Balaban J connectivity index is 2.00. The Morgan fingerprint density at radius 3 is 2.71 bits per heavy atom. The first kappa shape index (κ1) is 14.0. The Kier molecular flexibility index (Phi) is 3.86. The van der Waals surface area contributed by atoms with Crippen molar-refractivity contribution in [1.29, 1.82) is 0 Å². The van der Waals surface area contributed by atoms with E-state index in [1.165, 1.54) is 6.07 Å². The van der Waals surface area contributed by atoms with Gasteiger partial charge in [-0.1, -0.05) is 41.9 Å². The summed E-state index contributed by atoms with van der Waals surface area (Å²) >= 11 is 6.01. The molecule has 0 radical (unpaired) electrons. The standard InChI is InChI=1S/C17H13ClFNO/c18-14-6-3-7-15(19)13(14)10-16(21)17-12-5-2-1-4-11(12)8-9-20-17/h1-9,16,21H,10H2. The van der Waals surface area contributed by atoms with Crippen molar-refractivity contribution in [2.75, 3.05) is 0 Å². The SMILES string of the molecule is OC(Cc1c(F)cccc1Cl)c1nccc2ccccc12. The maximum atomic E-state index is 13.8. The molecule has 0 aliphatic heterocycles. The number of pyridine rings is 1. The van der Waals surface area contributed by atoms with Crippen LogP contribution in [0.4, 0.5) is 4.39 Å². The summed E-state index contributed by atoms with van der Waals surface area (Å²) in [6.07, 6.45) is 0.821.